The monoisotopic (exact) mass is 264 g/mol. The van der Waals surface area contributed by atoms with Crippen molar-refractivity contribution in [2.75, 3.05) is 5.75 Å². The Bertz CT molecular complexity index is 322. The van der Waals surface area contributed by atoms with Crippen molar-refractivity contribution < 1.29 is 17.9 Å². The van der Waals surface area contributed by atoms with E-state index in [0.717, 1.165) is 17.1 Å². The van der Waals surface area contributed by atoms with Crippen LogP contribution in [0.3, 0.4) is 0 Å². The minimum Gasteiger partial charge on any atom is -0.406 e. The zero-order valence-electron chi connectivity index (χ0n) is 9.59. The fourth-order valence-corrected chi connectivity index (χ4v) is 2.19. The predicted molar refractivity (Wildman–Crippen MR) is 63.4 cm³/mol. The molecule has 0 saturated carbocycles. The van der Waals surface area contributed by atoms with Crippen molar-refractivity contribution >= 4 is 11.8 Å². The van der Waals surface area contributed by atoms with Gasteiger partial charge in [0.05, 0.1) is 0 Å². The molecule has 0 aliphatic heterocycles. The molecule has 1 rings (SSSR count). The smallest absolute Gasteiger partial charge is 0.406 e. The molecule has 0 fully saturated rings. The number of ether oxygens (including phenoxy) is 1. The van der Waals surface area contributed by atoms with Gasteiger partial charge in [-0.05, 0) is 36.4 Å². The molecule has 1 nitrogen and oxygen atoms in total. The van der Waals surface area contributed by atoms with Crippen molar-refractivity contribution in [2.45, 2.75) is 37.4 Å². The quantitative estimate of drug-likeness (QED) is 0.535. The predicted octanol–water partition coefficient (Wildman–Crippen LogP) is 4.87. The number of hydrogen-bond donors (Lipinski definition) is 0. The fraction of sp³-hybridized carbons (Fsp3) is 0.500. The van der Waals surface area contributed by atoms with Crippen LogP contribution in [-0.2, 0) is 0 Å². The van der Waals surface area contributed by atoms with Crippen LogP contribution < -0.4 is 4.74 Å². The number of halogens is 3. The highest BCUT2D eigenvalue weighted by atomic mass is 32.2. The lowest BCUT2D eigenvalue weighted by molar-refractivity contribution is -0.274. The van der Waals surface area contributed by atoms with E-state index < -0.39 is 6.36 Å². The summed E-state index contributed by atoms with van der Waals surface area (Å²) in [5, 5.41) is 0. The molecule has 0 bridgehead atoms. The van der Waals surface area contributed by atoms with Gasteiger partial charge >= 0.3 is 6.36 Å². The Morgan fingerprint density at radius 1 is 1.12 bits per heavy atom. The summed E-state index contributed by atoms with van der Waals surface area (Å²) in [6, 6.07) is 5.99. The molecule has 0 aliphatic rings. The number of benzene rings is 1. The molecule has 0 aromatic heterocycles. The maximum atomic E-state index is 11.9. The first-order valence-electron chi connectivity index (χ1n) is 5.50. The Hall–Kier alpha value is -0.840. The third-order valence-corrected chi connectivity index (χ3v) is 3.17. The summed E-state index contributed by atoms with van der Waals surface area (Å²) in [6.07, 6.45) is -1.14. The maximum absolute atomic E-state index is 11.9. The molecule has 0 atom stereocenters. The molecule has 1 aromatic carbocycles. The van der Waals surface area contributed by atoms with E-state index in [-0.39, 0.29) is 5.75 Å². The van der Waals surface area contributed by atoms with E-state index in [1.54, 1.807) is 23.9 Å². The summed E-state index contributed by atoms with van der Waals surface area (Å²) in [7, 11) is 0. The van der Waals surface area contributed by atoms with Crippen LogP contribution in [0.4, 0.5) is 13.2 Å². The van der Waals surface area contributed by atoms with E-state index in [1.165, 1.54) is 25.0 Å². The zero-order valence-corrected chi connectivity index (χ0v) is 10.4. The number of hydrogen-bond acceptors (Lipinski definition) is 2. The minimum absolute atomic E-state index is 0.171. The van der Waals surface area contributed by atoms with Crippen LogP contribution in [0.15, 0.2) is 29.2 Å². The molecule has 0 unspecified atom stereocenters. The van der Waals surface area contributed by atoms with Gasteiger partial charge in [0.25, 0.3) is 0 Å². The third kappa shape index (κ3) is 6.46. The first-order valence-corrected chi connectivity index (χ1v) is 6.48. The Morgan fingerprint density at radius 3 is 2.29 bits per heavy atom. The first kappa shape index (κ1) is 14.2. The van der Waals surface area contributed by atoms with Gasteiger partial charge in [0.2, 0.25) is 0 Å². The van der Waals surface area contributed by atoms with Gasteiger partial charge in [0.1, 0.15) is 5.75 Å². The van der Waals surface area contributed by atoms with Crippen molar-refractivity contribution in [2.24, 2.45) is 0 Å². The number of unbranched alkanes of at least 4 members (excludes halogenated alkanes) is 2. The van der Waals surface area contributed by atoms with E-state index in [1.807, 2.05) is 0 Å². The largest absolute Gasteiger partial charge is 0.573 e. The molecule has 1 aromatic rings. The second-order valence-electron chi connectivity index (χ2n) is 3.57. The van der Waals surface area contributed by atoms with Crippen LogP contribution in [0.25, 0.3) is 0 Å². The van der Waals surface area contributed by atoms with Crippen molar-refractivity contribution in [3.8, 4) is 5.75 Å². The molecular formula is C12H15F3OS. The van der Waals surface area contributed by atoms with Crippen LogP contribution >= 0.6 is 11.8 Å². The molecular weight excluding hydrogens is 249 g/mol. The average Bonchev–Trinajstić information content (AvgIpc) is 2.25. The molecule has 0 spiro atoms. The summed E-state index contributed by atoms with van der Waals surface area (Å²) in [5.41, 5.74) is 0. The van der Waals surface area contributed by atoms with Gasteiger partial charge in [-0.1, -0.05) is 19.8 Å². The Labute approximate surface area is 103 Å². The average molecular weight is 264 g/mol. The van der Waals surface area contributed by atoms with E-state index in [0.29, 0.717) is 0 Å². The van der Waals surface area contributed by atoms with Crippen LogP contribution in [-0.4, -0.2) is 12.1 Å². The van der Waals surface area contributed by atoms with Crippen molar-refractivity contribution in [1.29, 1.82) is 0 Å². The molecule has 0 saturated heterocycles. The van der Waals surface area contributed by atoms with Gasteiger partial charge in [-0.2, -0.15) is 0 Å². The molecule has 0 radical (unpaired) electrons. The third-order valence-electron chi connectivity index (χ3n) is 2.07. The Balaban J connectivity index is 2.39. The summed E-state index contributed by atoms with van der Waals surface area (Å²) in [4.78, 5) is 0.968. The molecule has 96 valence electrons. The molecule has 0 N–H and O–H groups in total. The van der Waals surface area contributed by atoms with Gasteiger partial charge in [-0.15, -0.1) is 24.9 Å². The summed E-state index contributed by atoms with van der Waals surface area (Å²) >= 11 is 1.65. The van der Waals surface area contributed by atoms with E-state index in [4.69, 9.17) is 0 Å². The van der Waals surface area contributed by atoms with Crippen LogP contribution in [0.1, 0.15) is 26.2 Å². The number of rotatable bonds is 6. The molecule has 0 aliphatic carbocycles. The van der Waals surface area contributed by atoms with Crippen molar-refractivity contribution in [3.05, 3.63) is 24.3 Å². The maximum Gasteiger partial charge on any atom is 0.573 e. The van der Waals surface area contributed by atoms with E-state index in [2.05, 4.69) is 11.7 Å². The summed E-state index contributed by atoms with van der Waals surface area (Å²) < 4.78 is 39.5. The summed E-state index contributed by atoms with van der Waals surface area (Å²) in [6.45, 7) is 2.13. The topological polar surface area (TPSA) is 9.23 Å². The lowest BCUT2D eigenvalue weighted by Gasteiger charge is -2.09. The number of thioether (sulfide) groups is 1. The van der Waals surface area contributed by atoms with Crippen molar-refractivity contribution in [1.82, 2.24) is 0 Å². The highest BCUT2D eigenvalue weighted by Crippen LogP contribution is 2.26. The zero-order chi connectivity index (χ0) is 12.7. The summed E-state index contributed by atoms with van der Waals surface area (Å²) in [5.74, 6) is 0.822. The number of alkyl halides is 3. The molecule has 0 heterocycles. The van der Waals surface area contributed by atoms with Gasteiger partial charge < -0.3 is 4.74 Å². The van der Waals surface area contributed by atoms with Gasteiger partial charge in [0.15, 0.2) is 0 Å². The fourth-order valence-electron chi connectivity index (χ4n) is 1.28. The van der Waals surface area contributed by atoms with Crippen LogP contribution in [0.5, 0.6) is 5.75 Å². The van der Waals surface area contributed by atoms with Crippen LogP contribution in [0, 0.1) is 0 Å². The molecule has 0 amide bonds. The standard InChI is InChI=1S/C12H15F3OS/c1-2-3-4-9-17-11-7-5-10(6-8-11)16-12(13,14)15/h5-8H,2-4,9H2,1H3. The second-order valence-corrected chi connectivity index (χ2v) is 4.74. The van der Waals surface area contributed by atoms with E-state index >= 15 is 0 Å². The lowest BCUT2D eigenvalue weighted by Crippen LogP contribution is -2.16. The van der Waals surface area contributed by atoms with Gasteiger partial charge in [0, 0.05) is 4.90 Å². The van der Waals surface area contributed by atoms with Gasteiger partial charge in [-0.25, -0.2) is 0 Å². The SMILES string of the molecule is CCCCCSc1ccc(OC(F)(F)F)cc1. The minimum atomic E-state index is -4.62. The Kier molecular flexibility index (Phi) is 5.68. The van der Waals surface area contributed by atoms with Crippen LogP contribution in [0.2, 0.25) is 0 Å². The second kappa shape index (κ2) is 6.79. The van der Waals surface area contributed by atoms with Crippen molar-refractivity contribution in [3.63, 3.8) is 0 Å². The first-order chi connectivity index (χ1) is 8.01. The van der Waals surface area contributed by atoms with E-state index in [9.17, 15) is 13.2 Å². The highest BCUT2D eigenvalue weighted by Gasteiger charge is 2.30. The normalized spacial score (nSPS) is 11.5. The molecule has 17 heavy (non-hydrogen) atoms. The Morgan fingerprint density at radius 2 is 1.76 bits per heavy atom. The molecule has 5 heteroatoms. The highest BCUT2D eigenvalue weighted by molar-refractivity contribution is 7.99. The van der Waals surface area contributed by atoms with Gasteiger partial charge in [-0.3, -0.25) is 0 Å². The lowest BCUT2D eigenvalue weighted by atomic mass is 10.3.